The number of aromatic nitrogens is 3. The molecule has 8 heteroatoms. The first-order valence-electron chi connectivity index (χ1n) is 9.32. The van der Waals surface area contributed by atoms with Gasteiger partial charge in [0.15, 0.2) is 5.82 Å². The van der Waals surface area contributed by atoms with E-state index in [2.05, 4.69) is 15.5 Å². The molecule has 0 radical (unpaired) electrons. The molecule has 1 fully saturated rings. The summed E-state index contributed by atoms with van der Waals surface area (Å²) in [4.78, 5) is 37.4. The molecule has 1 aliphatic rings. The first-order chi connectivity index (χ1) is 14.1. The van der Waals surface area contributed by atoms with E-state index in [4.69, 9.17) is 0 Å². The lowest BCUT2D eigenvalue weighted by Crippen LogP contribution is -2.28. The molecular formula is C21H19N5O3. The minimum absolute atomic E-state index is 0.219. The highest BCUT2D eigenvalue weighted by Crippen LogP contribution is 2.24. The Morgan fingerprint density at radius 1 is 1.07 bits per heavy atom. The number of imide groups is 1. The molecule has 4 rings (SSSR count). The topological polar surface area (TPSA) is 97.2 Å². The minimum atomic E-state index is -0.287. The largest absolute Gasteiger partial charge is 0.322 e. The van der Waals surface area contributed by atoms with Crippen molar-refractivity contribution in [3.05, 3.63) is 60.4 Å². The molecule has 8 nitrogen and oxygen atoms in total. The number of carbonyl (C=O) groups excluding carboxylic acids is 3. The number of nitrogens with zero attached hydrogens (tertiary/aromatic N) is 4. The van der Waals surface area contributed by atoms with Crippen LogP contribution in [0.3, 0.4) is 0 Å². The van der Waals surface area contributed by atoms with Crippen LogP contribution < -0.4 is 10.2 Å². The molecule has 1 aromatic heterocycles. The van der Waals surface area contributed by atoms with Gasteiger partial charge in [-0.1, -0.05) is 12.1 Å². The maximum atomic E-state index is 12.6. The predicted octanol–water partition coefficient (Wildman–Crippen LogP) is 2.87. The average Bonchev–Trinajstić information content (AvgIpc) is 3.34. The van der Waals surface area contributed by atoms with Gasteiger partial charge in [-0.3, -0.25) is 19.3 Å². The number of benzene rings is 2. The third-order valence-corrected chi connectivity index (χ3v) is 4.77. The van der Waals surface area contributed by atoms with Crippen LogP contribution in [0.2, 0.25) is 0 Å². The standard InChI is InChI=1S/C21H19N5O3/c1-2-25-13-22-24-20(25)15-4-3-5-16(12-15)23-21(29)14-6-8-17(9-7-14)26-18(27)10-11-19(26)28/h3-9,12-13H,2,10-11H2,1H3,(H,23,29). The van der Waals surface area contributed by atoms with Gasteiger partial charge >= 0.3 is 0 Å². The lowest BCUT2D eigenvalue weighted by molar-refractivity contribution is -0.121. The van der Waals surface area contributed by atoms with Crippen molar-refractivity contribution in [1.29, 1.82) is 0 Å². The molecule has 1 aliphatic heterocycles. The predicted molar refractivity (Wildman–Crippen MR) is 107 cm³/mol. The van der Waals surface area contributed by atoms with Crippen molar-refractivity contribution in [2.45, 2.75) is 26.3 Å². The zero-order valence-corrected chi connectivity index (χ0v) is 15.8. The Kier molecular flexibility index (Phi) is 4.90. The minimum Gasteiger partial charge on any atom is -0.322 e. The van der Waals surface area contributed by atoms with Gasteiger partial charge in [0.25, 0.3) is 5.91 Å². The van der Waals surface area contributed by atoms with Gasteiger partial charge in [0.1, 0.15) is 6.33 Å². The molecule has 1 saturated heterocycles. The van der Waals surface area contributed by atoms with E-state index in [1.165, 1.54) is 0 Å². The van der Waals surface area contributed by atoms with Crippen LogP contribution in [-0.4, -0.2) is 32.5 Å². The lowest BCUT2D eigenvalue weighted by Gasteiger charge is -2.14. The number of amides is 3. The van der Waals surface area contributed by atoms with Gasteiger partial charge in [-0.2, -0.15) is 0 Å². The number of rotatable bonds is 5. The van der Waals surface area contributed by atoms with E-state index >= 15 is 0 Å². The van der Waals surface area contributed by atoms with Gasteiger partial charge < -0.3 is 9.88 Å². The Morgan fingerprint density at radius 3 is 2.48 bits per heavy atom. The molecule has 0 saturated carbocycles. The first-order valence-corrected chi connectivity index (χ1v) is 9.32. The van der Waals surface area contributed by atoms with Gasteiger partial charge in [0.2, 0.25) is 11.8 Å². The smallest absolute Gasteiger partial charge is 0.255 e. The maximum Gasteiger partial charge on any atom is 0.255 e. The summed E-state index contributed by atoms with van der Waals surface area (Å²) in [6, 6.07) is 13.8. The first kappa shape index (κ1) is 18.5. The maximum absolute atomic E-state index is 12.6. The van der Waals surface area contributed by atoms with Crippen molar-refractivity contribution in [2.24, 2.45) is 0 Å². The Morgan fingerprint density at radius 2 is 1.79 bits per heavy atom. The number of carbonyl (C=O) groups is 3. The highest BCUT2D eigenvalue weighted by atomic mass is 16.2. The van der Waals surface area contributed by atoms with Crippen LogP contribution in [-0.2, 0) is 16.1 Å². The third kappa shape index (κ3) is 3.64. The van der Waals surface area contributed by atoms with Crippen molar-refractivity contribution in [2.75, 3.05) is 10.2 Å². The Bertz CT molecular complexity index is 1070. The quantitative estimate of drug-likeness (QED) is 0.677. The van der Waals surface area contributed by atoms with Crippen LogP contribution >= 0.6 is 0 Å². The number of nitrogens with one attached hydrogen (secondary N) is 1. The van der Waals surface area contributed by atoms with Crippen LogP contribution in [0.25, 0.3) is 11.4 Å². The molecule has 2 heterocycles. The number of aryl methyl sites for hydroxylation is 1. The molecule has 1 N–H and O–H groups in total. The second kappa shape index (κ2) is 7.67. The molecule has 2 aromatic carbocycles. The average molecular weight is 389 g/mol. The number of hydrogen-bond acceptors (Lipinski definition) is 5. The van der Waals surface area contributed by atoms with Crippen molar-refractivity contribution >= 4 is 29.1 Å². The normalized spacial score (nSPS) is 13.8. The summed E-state index contributed by atoms with van der Waals surface area (Å²) in [5, 5.41) is 10.9. The number of anilines is 2. The summed E-state index contributed by atoms with van der Waals surface area (Å²) in [5.74, 6) is 0.00512. The van der Waals surface area contributed by atoms with Crippen molar-refractivity contribution in [3.63, 3.8) is 0 Å². The molecule has 0 bridgehead atoms. The molecule has 0 unspecified atom stereocenters. The highest BCUT2D eigenvalue weighted by Gasteiger charge is 2.30. The summed E-state index contributed by atoms with van der Waals surface area (Å²) in [6.45, 7) is 2.75. The van der Waals surface area contributed by atoms with Crippen LogP contribution in [0.4, 0.5) is 11.4 Å². The summed E-state index contributed by atoms with van der Waals surface area (Å²) in [5.41, 5.74) is 2.39. The number of hydrogen-bond donors (Lipinski definition) is 1. The van der Waals surface area contributed by atoms with Gasteiger partial charge in [-0.25, -0.2) is 0 Å². The molecule has 0 atom stereocenters. The molecule has 0 spiro atoms. The van der Waals surface area contributed by atoms with Crippen molar-refractivity contribution < 1.29 is 14.4 Å². The van der Waals surface area contributed by atoms with Gasteiger partial charge in [0, 0.05) is 36.2 Å². The van der Waals surface area contributed by atoms with E-state index in [9.17, 15) is 14.4 Å². The highest BCUT2D eigenvalue weighted by molar-refractivity contribution is 6.20. The summed E-state index contributed by atoms with van der Waals surface area (Å²) >= 11 is 0. The van der Waals surface area contributed by atoms with Crippen molar-refractivity contribution in [1.82, 2.24) is 14.8 Å². The summed E-state index contributed by atoms with van der Waals surface area (Å²) in [7, 11) is 0. The Labute approximate surface area is 167 Å². The van der Waals surface area contributed by atoms with Gasteiger partial charge in [-0.05, 0) is 43.3 Å². The zero-order chi connectivity index (χ0) is 20.4. The summed E-state index contributed by atoms with van der Waals surface area (Å²) < 4.78 is 1.92. The van der Waals surface area contributed by atoms with Crippen LogP contribution in [0, 0.1) is 0 Å². The molecule has 3 amide bonds. The Balaban J connectivity index is 1.50. The van der Waals surface area contributed by atoms with Gasteiger partial charge in [0.05, 0.1) is 5.69 Å². The van der Waals surface area contributed by atoms with Crippen molar-refractivity contribution in [3.8, 4) is 11.4 Å². The van der Waals surface area contributed by atoms with Gasteiger partial charge in [-0.15, -0.1) is 10.2 Å². The molecule has 0 aliphatic carbocycles. The van der Waals surface area contributed by atoms with Crippen LogP contribution in [0.5, 0.6) is 0 Å². The molecular weight excluding hydrogens is 370 g/mol. The Hall–Kier alpha value is -3.81. The monoisotopic (exact) mass is 389 g/mol. The SMILES string of the molecule is CCn1cnnc1-c1cccc(NC(=O)c2ccc(N3C(=O)CCC3=O)cc2)c1. The van der Waals surface area contributed by atoms with E-state index in [0.717, 1.165) is 22.8 Å². The van der Waals surface area contributed by atoms with E-state index in [0.29, 0.717) is 16.9 Å². The summed E-state index contributed by atoms with van der Waals surface area (Å²) in [6.07, 6.45) is 2.12. The zero-order valence-electron chi connectivity index (χ0n) is 15.8. The molecule has 29 heavy (non-hydrogen) atoms. The van der Waals surface area contributed by atoms with E-state index in [-0.39, 0.29) is 30.6 Å². The fraction of sp³-hybridized carbons (Fsp3) is 0.190. The van der Waals surface area contributed by atoms with Crippen LogP contribution in [0.15, 0.2) is 54.9 Å². The second-order valence-electron chi connectivity index (χ2n) is 6.65. The van der Waals surface area contributed by atoms with E-state index in [1.807, 2.05) is 29.7 Å². The molecule has 3 aromatic rings. The van der Waals surface area contributed by atoms with E-state index < -0.39 is 0 Å². The molecule has 146 valence electrons. The second-order valence-corrected chi connectivity index (χ2v) is 6.65. The fourth-order valence-electron chi connectivity index (χ4n) is 3.28. The van der Waals surface area contributed by atoms with Crippen LogP contribution in [0.1, 0.15) is 30.1 Å². The lowest BCUT2D eigenvalue weighted by atomic mass is 10.1. The fourth-order valence-corrected chi connectivity index (χ4v) is 3.28. The third-order valence-electron chi connectivity index (χ3n) is 4.77. The van der Waals surface area contributed by atoms with E-state index in [1.54, 1.807) is 36.7 Å².